The maximum atomic E-state index is 11.5. The second-order valence-corrected chi connectivity index (χ2v) is 4.74. The van der Waals surface area contributed by atoms with Crippen molar-refractivity contribution in [3.05, 3.63) is 23.2 Å². The molecule has 1 aromatic rings. The number of hydrogen-bond acceptors (Lipinski definition) is 3. The lowest BCUT2D eigenvalue weighted by Gasteiger charge is -2.20. The van der Waals surface area contributed by atoms with Crippen molar-refractivity contribution in [1.29, 1.82) is 0 Å². The van der Waals surface area contributed by atoms with Crippen molar-refractivity contribution >= 4 is 29.1 Å². The zero-order valence-electron chi connectivity index (χ0n) is 9.50. The first-order chi connectivity index (χ1) is 7.29. The van der Waals surface area contributed by atoms with Gasteiger partial charge in [-0.1, -0.05) is 17.7 Å². The normalized spacial score (nSPS) is 11.0. The summed E-state index contributed by atoms with van der Waals surface area (Å²) in [4.78, 5) is 11.5. The summed E-state index contributed by atoms with van der Waals surface area (Å²) in [6.45, 7) is 5.34. The lowest BCUT2D eigenvalue weighted by atomic mass is 10.2. The molecule has 0 bridgehead atoms. The minimum Gasteiger partial charge on any atom is -0.444 e. The van der Waals surface area contributed by atoms with E-state index in [0.29, 0.717) is 16.4 Å². The monoisotopic (exact) mass is 242 g/mol. The first-order valence-corrected chi connectivity index (χ1v) is 5.21. The molecule has 1 aromatic carbocycles. The summed E-state index contributed by atoms with van der Waals surface area (Å²) in [5.41, 5.74) is 5.90. The summed E-state index contributed by atoms with van der Waals surface area (Å²) in [5.74, 6) is 0. The number of nitrogens with two attached hydrogens (primary N) is 1. The van der Waals surface area contributed by atoms with Crippen molar-refractivity contribution in [3.63, 3.8) is 0 Å². The number of para-hydroxylation sites is 1. The van der Waals surface area contributed by atoms with Crippen molar-refractivity contribution < 1.29 is 9.53 Å². The third kappa shape index (κ3) is 3.62. The highest BCUT2D eigenvalue weighted by Gasteiger charge is 2.17. The number of halogens is 1. The number of carbonyl (C=O) groups excluding carboxylic acids is 1. The predicted molar refractivity (Wildman–Crippen MR) is 65.7 cm³/mol. The fourth-order valence-corrected chi connectivity index (χ4v) is 1.31. The number of benzene rings is 1. The van der Waals surface area contributed by atoms with Gasteiger partial charge in [0.1, 0.15) is 5.60 Å². The van der Waals surface area contributed by atoms with Gasteiger partial charge >= 0.3 is 6.09 Å². The average molecular weight is 243 g/mol. The fraction of sp³-hybridized carbons (Fsp3) is 0.364. The molecule has 5 heteroatoms. The van der Waals surface area contributed by atoms with Crippen LogP contribution in [-0.2, 0) is 4.74 Å². The second-order valence-electron chi connectivity index (χ2n) is 4.33. The minimum absolute atomic E-state index is 0.374. The van der Waals surface area contributed by atoms with E-state index in [4.69, 9.17) is 22.1 Å². The molecule has 0 aliphatic rings. The maximum absolute atomic E-state index is 11.5. The molecular formula is C11H15ClN2O2. The minimum atomic E-state index is -0.577. The van der Waals surface area contributed by atoms with Crippen LogP contribution in [0, 0.1) is 0 Å². The van der Waals surface area contributed by atoms with Crippen LogP contribution in [0.4, 0.5) is 16.2 Å². The van der Waals surface area contributed by atoms with E-state index < -0.39 is 11.7 Å². The Balaban J connectivity index is 2.78. The molecule has 1 amide bonds. The van der Waals surface area contributed by atoms with Crippen LogP contribution in [0.2, 0.25) is 5.02 Å². The van der Waals surface area contributed by atoms with Gasteiger partial charge < -0.3 is 10.5 Å². The summed E-state index contributed by atoms with van der Waals surface area (Å²) in [6.07, 6.45) is -0.577. The zero-order valence-corrected chi connectivity index (χ0v) is 10.3. The Kier molecular flexibility index (Phi) is 3.65. The lowest BCUT2D eigenvalue weighted by molar-refractivity contribution is 0.0636. The van der Waals surface area contributed by atoms with E-state index in [-0.39, 0.29) is 0 Å². The molecule has 4 nitrogen and oxygen atoms in total. The van der Waals surface area contributed by atoms with E-state index in [9.17, 15) is 4.79 Å². The van der Waals surface area contributed by atoms with Crippen LogP contribution < -0.4 is 11.1 Å². The molecule has 0 aliphatic carbocycles. The zero-order chi connectivity index (χ0) is 12.3. The summed E-state index contributed by atoms with van der Waals surface area (Å²) < 4.78 is 5.09. The van der Waals surface area contributed by atoms with Crippen LogP contribution in [0.1, 0.15) is 20.8 Å². The Hall–Kier alpha value is -1.42. The van der Waals surface area contributed by atoms with Gasteiger partial charge in [0.2, 0.25) is 0 Å². The maximum Gasteiger partial charge on any atom is 0.412 e. The van der Waals surface area contributed by atoms with Crippen LogP contribution in [0.3, 0.4) is 0 Å². The first-order valence-electron chi connectivity index (χ1n) is 4.83. The van der Waals surface area contributed by atoms with Gasteiger partial charge in [-0.25, -0.2) is 4.79 Å². The molecule has 3 N–H and O–H groups in total. The highest BCUT2D eigenvalue weighted by molar-refractivity contribution is 6.34. The Bertz CT molecular complexity index is 379. The van der Waals surface area contributed by atoms with Crippen LogP contribution in [0.25, 0.3) is 0 Å². The van der Waals surface area contributed by atoms with Crippen molar-refractivity contribution in [2.24, 2.45) is 0 Å². The van der Waals surface area contributed by atoms with Crippen molar-refractivity contribution in [2.45, 2.75) is 26.4 Å². The van der Waals surface area contributed by atoms with Crippen LogP contribution in [0.5, 0.6) is 0 Å². The summed E-state index contributed by atoms with van der Waals surface area (Å²) in [7, 11) is 0. The Morgan fingerprint density at radius 2 is 2.06 bits per heavy atom. The Labute approximate surface area is 99.7 Å². The highest BCUT2D eigenvalue weighted by Crippen LogP contribution is 2.28. The predicted octanol–water partition coefficient (Wildman–Crippen LogP) is 3.27. The van der Waals surface area contributed by atoms with Gasteiger partial charge in [0.05, 0.1) is 16.4 Å². The number of nitrogen functional groups attached to an aromatic ring is 1. The molecule has 0 unspecified atom stereocenters. The summed E-state index contributed by atoms with van der Waals surface area (Å²) >= 11 is 5.89. The molecule has 0 atom stereocenters. The molecule has 0 radical (unpaired) electrons. The highest BCUT2D eigenvalue weighted by atomic mass is 35.5. The van der Waals surface area contributed by atoms with Gasteiger partial charge in [-0.3, -0.25) is 5.32 Å². The van der Waals surface area contributed by atoms with E-state index >= 15 is 0 Å². The Morgan fingerprint density at radius 1 is 1.44 bits per heavy atom. The number of anilines is 2. The van der Waals surface area contributed by atoms with Gasteiger partial charge in [0, 0.05) is 0 Å². The van der Waals surface area contributed by atoms with Gasteiger partial charge in [-0.15, -0.1) is 0 Å². The van der Waals surface area contributed by atoms with Gasteiger partial charge in [0.15, 0.2) is 0 Å². The molecule has 0 saturated carbocycles. The number of ether oxygens (including phenoxy) is 1. The SMILES string of the molecule is CC(C)(C)OC(=O)Nc1c(N)cccc1Cl. The molecule has 0 aliphatic heterocycles. The molecule has 0 fully saturated rings. The quantitative estimate of drug-likeness (QED) is 0.743. The third-order valence-electron chi connectivity index (χ3n) is 1.67. The molecule has 0 saturated heterocycles. The van der Waals surface area contributed by atoms with E-state index in [0.717, 1.165) is 0 Å². The smallest absolute Gasteiger partial charge is 0.412 e. The lowest BCUT2D eigenvalue weighted by Crippen LogP contribution is -2.27. The van der Waals surface area contributed by atoms with Gasteiger partial charge in [-0.2, -0.15) is 0 Å². The third-order valence-corrected chi connectivity index (χ3v) is 1.99. The molecule has 0 aromatic heterocycles. The molecular weight excluding hydrogens is 228 g/mol. The second kappa shape index (κ2) is 4.61. The van der Waals surface area contributed by atoms with Crippen molar-refractivity contribution in [2.75, 3.05) is 11.1 Å². The Morgan fingerprint density at radius 3 is 2.56 bits per heavy atom. The topological polar surface area (TPSA) is 64.3 Å². The van der Waals surface area contributed by atoms with Crippen LogP contribution in [-0.4, -0.2) is 11.7 Å². The molecule has 0 spiro atoms. The summed E-state index contributed by atoms with van der Waals surface area (Å²) in [6, 6.07) is 5.00. The van der Waals surface area contributed by atoms with Crippen molar-refractivity contribution in [3.8, 4) is 0 Å². The van der Waals surface area contributed by atoms with E-state index in [1.807, 2.05) is 0 Å². The van der Waals surface area contributed by atoms with E-state index in [2.05, 4.69) is 5.32 Å². The standard InChI is InChI=1S/C11H15ClN2O2/c1-11(2,3)16-10(15)14-9-7(12)5-4-6-8(9)13/h4-6H,13H2,1-3H3,(H,14,15). The first kappa shape index (κ1) is 12.6. The van der Waals surface area contributed by atoms with Crippen LogP contribution in [0.15, 0.2) is 18.2 Å². The number of carbonyl (C=O) groups is 1. The van der Waals surface area contributed by atoms with Crippen molar-refractivity contribution in [1.82, 2.24) is 0 Å². The average Bonchev–Trinajstić information content (AvgIpc) is 2.08. The number of nitrogens with one attached hydrogen (secondary N) is 1. The number of amides is 1. The summed E-state index contributed by atoms with van der Waals surface area (Å²) in [5, 5.41) is 2.90. The largest absolute Gasteiger partial charge is 0.444 e. The molecule has 1 rings (SSSR count). The molecule has 88 valence electrons. The number of hydrogen-bond donors (Lipinski definition) is 2. The van der Waals surface area contributed by atoms with Gasteiger partial charge in [0.25, 0.3) is 0 Å². The van der Waals surface area contributed by atoms with Gasteiger partial charge in [-0.05, 0) is 32.9 Å². The molecule has 0 heterocycles. The van der Waals surface area contributed by atoms with Crippen LogP contribution >= 0.6 is 11.6 Å². The van der Waals surface area contributed by atoms with E-state index in [1.165, 1.54) is 0 Å². The number of rotatable bonds is 1. The van der Waals surface area contributed by atoms with E-state index in [1.54, 1.807) is 39.0 Å². The molecule has 16 heavy (non-hydrogen) atoms. The fourth-order valence-electron chi connectivity index (χ4n) is 1.08.